The maximum atomic E-state index is 12.7. The molecule has 128 valence electrons. The Morgan fingerprint density at radius 2 is 1.96 bits per heavy atom. The topological polar surface area (TPSA) is 110 Å². The molecule has 0 aromatic heterocycles. The van der Waals surface area contributed by atoms with Gasteiger partial charge in [0.05, 0.1) is 4.92 Å². The van der Waals surface area contributed by atoms with E-state index in [-0.39, 0.29) is 24.2 Å². The number of carbonyl (C=O) groups is 2. The molecule has 8 heteroatoms. The van der Waals surface area contributed by atoms with Crippen LogP contribution in [0.15, 0.2) is 24.3 Å². The number of rotatable bonds is 6. The molecule has 8 nitrogen and oxygen atoms in total. The maximum Gasteiger partial charge on any atom is 0.332 e. The third kappa shape index (κ3) is 3.53. The number of hydrogen-bond donors (Lipinski definition) is 1. The second-order valence-corrected chi connectivity index (χ2v) is 6.15. The quantitative estimate of drug-likeness (QED) is 0.626. The fourth-order valence-electron chi connectivity index (χ4n) is 2.92. The summed E-state index contributed by atoms with van der Waals surface area (Å²) in [6.07, 6.45) is 0.795. The van der Waals surface area contributed by atoms with Gasteiger partial charge in [0.15, 0.2) is 6.10 Å². The van der Waals surface area contributed by atoms with Crippen molar-refractivity contribution < 1.29 is 24.4 Å². The first-order chi connectivity index (χ1) is 11.5. The van der Waals surface area contributed by atoms with Gasteiger partial charge < -0.3 is 14.7 Å². The van der Waals surface area contributed by atoms with Crippen LogP contribution in [-0.4, -0.2) is 45.1 Å². The monoisotopic (exact) mass is 334 g/mol. The van der Waals surface area contributed by atoms with Gasteiger partial charge in [0.1, 0.15) is 6.10 Å². The maximum absolute atomic E-state index is 12.7. The van der Waals surface area contributed by atoms with Gasteiger partial charge in [0.25, 0.3) is 11.6 Å². The van der Waals surface area contributed by atoms with Crippen molar-refractivity contribution in [2.75, 3.05) is 0 Å². The van der Waals surface area contributed by atoms with Gasteiger partial charge >= 0.3 is 5.97 Å². The summed E-state index contributed by atoms with van der Waals surface area (Å²) in [5, 5.41) is 19.9. The third-order valence-electron chi connectivity index (χ3n) is 4.32. The molecule has 1 aromatic carbocycles. The number of aliphatic carboxylic acids is 1. The van der Waals surface area contributed by atoms with Crippen molar-refractivity contribution in [3.8, 4) is 0 Å². The Morgan fingerprint density at radius 1 is 1.25 bits per heavy atom. The predicted octanol–water partition coefficient (Wildman–Crippen LogP) is 1.72. The Bertz CT molecular complexity index is 672. The first-order valence-corrected chi connectivity index (χ1v) is 7.88. The van der Waals surface area contributed by atoms with Crippen LogP contribution in [0.3, 0.4) is 0 Å². The zero-order valence-electron chi connectivity index (χ0n) is 13.0. The molecule has 0 bridgehead atoms. The van der Waals surface area contributed by atoms with Crippen LogP contribution in [-0.2, 0) is 20.9 Å². The van der Waals surface area contributed by atoms with E-state index in [2.05, 4.69) is 0 Å². The lowest BCUT2D eigenvalue weighted by Crippen LogP contribution is -2.40. The highest BCUT2D eigenvalue weighted by molar-refractivity contribution is 5.83. The molecule has 1 N–H and O–H groups in total. The highest BCUT2D eigenvalue weighted by Crippen LogP contribution is 2.32. The molecule has 1 aliphatic heterocycles. The fourth-order valence-corrected chi connectivity index (χ4v) is 2.92. The number of nitrogens with zero attached hydrogens (tertiary/aromatic N) is 2. The van der Waals surface area contributed by atoms with Gasteiger partial charge in [-0.25, -0.2) is 4.79 Å². The van der Waals surface area contributed by atoms with E-state index in [1.54, 1.807) is 17.0 Å². The summed E-state index contributed by atoms with van der Waals surface area (Å²) in [7, 11) is 0. The van der Waals surface area contributed by atoms with E-state index in [0.717, 1.165) is 12.8 Å². The minimum atomic E-state index is -1.05. The minimum absolute atomic E-state index is 0.0150. The summed E-state index contributed by atoms with van der Waals surface area (Å²) in [6.45, 7) is 0.267. The highest BCUT2D eigenvalue weighted by Gasteiger charge is 2.41. The molecule has 1 amide bonds. The molecule has 2 fully saturated rings. The zero-order valence-corrected chi connectivity index (χ0v) is 13.0. The molecule has 0 spiro atoms. The van der Waals surface area contributed by atoms with Crippen LogP contribution in [0.25, 0.3) is 0 Å². The van der Waals surface area contributed by atoms with Crippen LogP contribution in [0.1, 0.15) is 31.2 Å². The summed E-state index contributed by atoms with van der Waals surface area (Å²) in [5.41, 5.74) is 0.663. The summed E-state index contributed by atoms with van der Waals surface area (Å²) in [6, 6.07) is 6.30. The van der Waals surface area contributed by atoms with Gasteiger partial charge in [-0.1, -0.05) is 12.1 Å². The number of amides is 1. The number of carboxylic acid groups (broad SMARTS) is 1. The molecule has 1 saturated carbocycles. The van der Waals surface area contributed by atoms with Crippen molar-refractivity contribution in [1.29, 1.82) is 0 Å². The molecule has 2 atom stereocenters. The van der Waals surface area contributed by atoms with Crippen molar-refractivity contribution in [3.63, 3.8) is 0 Å². The Labute approximate surface area is 138 Å². The van der Waals surface area contributed by atoms with Crippen molar-refractivity contribution >= 4 is 17.6 Å². The Hall–Kier alpha value is -2.48. The van der Waals surface area contributed by atoms with E-state index < -0.39 is 23.1 Å². The first-order valence-electron chi connectivity index (χ1n) is 7.88. The zero-order chi connectivity index (χ0) is 17.3. The number of carbonyl (C=O) groups excluding carboxylic acids is 1. The van der Waals surface area contributed by atoms with Gasteiger partial charge in [0.2, 0.25) is 0 Å². The SMILES string of the molecule is O=C(O)[C@H]1CC[C@@H](C(=O)N(Cc2cccc([N+](=O)[O-])c2)C2CC2)O1. The second-order valence-electron chi connectivity index (χ2n) is 6.15. The average molecular weight is 334 g/mol. The molecule has 3 rings (SSSR count). The number of non-ortho nitro benzene ring substituents is 1. The molecule has 1 aromatic rings. The highest BCUT2D eigenvalue weighted by atomic mass is 16.6. The molecular weight excluding hydrogens is 316 g/mol. The van der Waals surface area contributed by atoms with Crippen LogP contribution >= 0.6 is 0 Å². The lowest BCUT2D eigenvalue weighted by molar-refractivity contribution is -0.384. The second kappa shape index (κ2) is 6.56. The van der Waals surface area contributed by atoms with E-state index in [9.17, 15) is 19.7 Å². The van der Waals surface area contributed by atoms with E-state index in [0.29, 0.717) is 18.4 Å². The van der Waals surface area contributed by atoms with E-state index >= 15 is 0 Å². The lowest BCUT2D eigenvalue weighted by atomic mass is 10.1. The van der Waals surface area contributed by atoms with Crippen molar-refractivity contribution in [2.45, 2.75) is 50.5 Å². The Balaban J connectivity index is 1.71. The molecule has 24 heavy (non-hydrogen) atoms. The minimum Gasteiger partial charge on any atom is -0.479 e. The number of ether oxygens (including phenoxy) is 1. The van der Waals surface area contributed by atoms with E-state index in [1.165, 1.54) is 12.1 Å². The summed E-state index contributed by atoms with van der Waals surface area (Å²) >= 11 is 0. The van der Waals surface area contributed by atoms with E-state index in [1.807, 2.05) is 0 Å². The molecular formula is C16H18N2O6. The van der Waals surface area contributed by atoms with Crippen molar-refractivity contribution in [2.24, 2.45) is 0 Å². The number of nitro groups is 1. The summed E-state index contributed by atoms with van der Waals surface area (Å²) < 4.78 is 5.34. The molecule has 0 unspecified atom stereocenters. The molecule has 2 aliphatic rings. The predicted molar refractivity (Wildman–Crippen MR) is 82.2 cm³/mol. The van der Waals surface area contributed by atoms with E-state index in [4.69, 9.17) is 9.84 Å². The summed E-state index contributed by atoms with van der Waals surface area (Å²) in [5.74, 6) is -1.28. The van der Waals surface area contributed by atoms with Crippen LogP contribution in [0.5, 0.6) is 0 Å². The Kier molecular flexibility index (Phi) is 4.48. The standard InChI is InChI=1S/C16H18N2O6/c19-15(13-6-7-14(24-13)16(20)21)17(11-4-5-11)9-10-2-1-3-12(8-10)18(22)23/h1-3,8,11,13-14H,4-7,9H2,(H,20,21)/t13-,14+/m0/s1. The number of hydrogen-bond acceptors (Lipinski definition) is 5. The van der Waals surface area contributed by atoms with Crippen LogP contribution < -0.4 is 0 Å². The smallest absolute Gasteiger partial charge is 0.332 e. The first kappa shape index (κ1) is 16.4. The molecule has 1 saturated heterocycles. The molecule has 0 radical (unpaired) electrons. The number of benzene rings is 1. The summed E-state index contributed by atoms with van der Waals surface area (Å²) in [4.78, 5) is 35.7. The van der Waals surface area contributed by atoms with Crippen LogP contribution in [0, 0.1) is 10.1 Å². The van der Waals surface area contributed by atoms with Crippen LogP contribution in [0.4, 0.5) is 5.69 Å². The van der Waals surface area contributed by atoms with Gasteiger partial charge in [-0.15, -0.1) is 0 Å². The third-order valence-corrected chi connectivity index (χ3v) is 4.32. The Morgan fingerprint density at radius 3 is 2.54 bits per heavy atom. The van der Waals surface area contributed by atoms with Gasteiger partial charge in [-0.05, 0) is 31.2 Å². The van der Waals surface area contributed by atoms with Crippen molar-refractivity contribution in [1.82, 2.24) is 4.90 Å². The van der Waals surface area contributed by atoms with Crippen LogP contribution in [0.2, 0.25) is 0 Å². The number of carboxylic acids is 1. The van der Waals surface area contributed by atoms with Gasteiger partial charge in [-0.3, -0.25) is 14.9 Å². The van der Waals surface area contributed by atoms with Gasteiger partial charge in [-0.2, -0.15) is 0 Å². The lowest BCUT2D eigenvalue weighted by Gasteiger charge is -2.25. The van der Waals surface area contributed by atoms with Gasteiger partial charge in [0, 0.05) is 24.7 Å². The largest absolute Gasteiger partial charge is 0.479 e. The average Bonchev–Trinajstić information content (AvgIpc) is 3.27. The number of nitro benzene ring substituents is 1. The normalized spacial score (nSPS) is 23.0. The van der Waals surface area contributed by atoms with Crippen molar-refractivity contribution in [3.05, 3.63) is 39.9 Å². The molecule has 1 heterocycles. The molecule has 1 aliphatic carbocycles. The fraction of sp³-hybridized carbons (Fsp3) is 0.500.